The number of likely N-dealkylation sites (tertiary alicyclic amines) is 1. The number of hydrogen-bond acceptors (Lipinski definition) is 3. The topological polar surface area (TPSA) is 52.6 Å². The molecule has 1 saturated heterocycles. The SMILES string of the molecule is Cc1cccc(NC(=O)CN2CCCCC2C(C)O)c1. The molecule has 0 aliphatic carbocycles. The lowest BCUT2D eigenvalue weighted by atomic mass is 9.98. The normalized spacial score (nSPS) is 21.4. The van der Waals surface area contributed by atoms with E-state index < -0.39 is 0 Å². The zero-order valence-corrected chi connectivity index (χ0v) is 12.3. The smallest absolute Gasteiger partial charge is 0.238 e. The number of nitrogens with one attached hydrogen (secondary N) is 1. The lowest BCUT2D eigenvalue weighted by Gasteiger charge is -2.36. The lowest BCUT2D eigenvalue weighted by Crippen LogP contribution is -2.48. The number of aryl methyl sites for hydroxylation is 1. The Hall–Kier alpha value is -1.39. The van der Waals surface area contributed by atoms with E-state index in [4.69, 9.17) is 0 Å². The van der Waals surface area contributed by atoms with Gasteiger partial charge in [0, 0.05) is 11.7 Å². The third-order valence-corrected chi connectivity index (χ3v) is 3.87. The van der Waals surface area contributed by atoms with Crippen LogP contribution in [0.1, 0.15) is 31.7 Å². The second-order valence-corrected chi connectivity index (χ2v) is 5.69. The fourth-order valence-corrected chi connectivity index (χ4v) is 2.87. The van der Waals surface area contributed by atoms with Crippen LogP contribution in [0.3, 0.4) is 0 Å². The largest absolute Gasteiger partial charge is 0.392 e. The van der Waals surface area contributed by atoms with Crippen LogP contribution in [0.2, 0.25) is 0 Å². The van der Waals surface area contributed by atoms with Crippen LogP contribution >= 0.6 is 0 Å². The van der Waals surface area contributed by atoms with Gasteiger partial charge in [0.2, 0.25) is 5.91 Å². The first-order valence-corrected chi connectivity index (χ1v) is 7.35. The minimum Gasteiger partial charge on any atom is -0.392 e. The van der Waals surface area contributed by atoms with E-state index in [1.54, 1.807) is 6.92 Å². The maximum absolute atomic E-state index is 12.1. The summed E-state index contributed by atoms with van der Waals surface area (Å²) in [6.45, 7) is 5.05. The summed E-state index contributed by atoms with van der Waals surface area (Å²) in [7, 11) is 0. The minimum atomic E-state index is -0.387. The van der Waals surface area contributed by atoms with Gasteiger partial charge < -0.3 is 10.4 Å². The van der Waals surface area contributed by atoms with Gasteiger partial charge >= 0.3 is 0 Å². The highest BCUT2D eigenvalue weighted by Gasteiger charge is 2.27. The molecular formula is C16H24N2O2. The fraction of sp³-hybridized carbons (Fsp3) is 0.562. The molecule has 1 fully saturated rings. The number of rotatable bonds is 4. The molecule has 1 aromatic rings. The van der Waals surface area contributed by atoms with Crippen LogP contribution in [0.25, 0.3) is 0 Å². The highest BCUT2D eigenvalue weighted by Crippen LogP contribution is 2.19. The predicted octanol–water partition coefficient (Wildman–Crippen LogP) is 2.17. The summed E-state index contributed by atoms with van der Waals surface area (Å²) in [5.74, 6) is -0.0110. The van der Waals surface area contributed by atoms with E-state index in [2.05, 4.69) is 10.2 Å². The molecule has 1 aliphatic rings. The van der Waals surface area contributed by atoms with Crippen LogP contribution in [-0.4, -0.2) is 41.1 Å². The van der Waals surface area contributed by atoms with Gasteiger partial charge in [-0.3, -0.25) is 9.69 Å². The molecule has 4 heteroatoms. The highest BCUT2D eigenvalue weighted by atomic mass is 16.3. The Kier molecular flexibility index (Phi) is 5.15. The molecule has 1 amide bonds. The third kappa shape index (κ3) is 4.05. The molecule has 1 aliphatic heterocycles. The zero-order valence-electron chi connectivity index (χ0n) is 12.3. The van der Waals surface area contributed by atoms with E-state index in [-0.39, 0.29) is 18.1 Å². The quantitative estimate of drug-likeness (QED) is 0.886. The van der Waals surface area contributed by atoms with Crippen molar-refractivity contribution in [2.45, 2.75) is 45.3 Å². The van der Waals surface area contributed by atoms with Gasteiger partial charge in [0.1, 0.15) is 0 Å². The Labute approximate surface area is 120 Å². The summed E-state index contributed by atoms with van der Waals surface area (Å²) in [5.41, 5.74) is 1.96. The molecule has 0 radical (unpaired) electrons. The summed E-state index contributed by atoms with van der Waals surface area (Å²) in [6, 6.07) is 7.90. The van der Waals surface area contributed by atoms with Crippen molar-refractivity contribution in [3.63, 3.8) is 0 Å². The Morgan fingerprint density at radius 3 is 3.00 bits per heavy atom. The average Bonchev–Trinajstić information content (AvgIpc) is 2.38. The number of carbonyl (C=O) groups excluding carboxylic acids is 1. The third-order valence-electron chi connectivity index (χ3n) is 3.87. The van der Waals surface area contributed by atoms with E-state index in [1.807, 2.05) is 31.2 Å². The van der Waals surface area contributed by atoms with Crippen molar-refractivity contribution in [3.05, 3.63) is 29.8 Å². The number of amides is 1. The van der Waals surface area contributed by atoms with Crippen molar-refractivity contribution in [2.75, 3.05) is 18.4 Å². The minimum absolute atomic E-state index is 0.0110. The Morgan fingerprint density at radius 1 is 1.50 bits per heavy atom. The van der Waals surface area contributed by atoms with E-state index in [1.165, 1.54) is 0 Å². The van der Waals surface area contributed by atoms with Gasteiger partial charge in [-0.05, 0) is 50.9 Å². The van der Waals surface area contributed by atoms with Gasteiger partial charge in [-0.15, -0.1) is 0 Å². The van der Waals surface area contributed by atoms with Gasteiger partial charge in [0.25, 0.3) is 0 Å². The summed E-state index contributed by atoms with van der Waals surface area (Å²) in [6.07, 6.45) is 2.81. The number of carbonyl (C=O) groups is 1. The van der Waals surface area contributed by atoms with Crippen molar-refractivity contribution in [1.82, 2.24) is 4.90 Å². The monoisotopic (exact) mass is 276 g/mol. The Bertz CT molecular complexity index is 460. The van der Waals surface area contributed by atoms with Gasteiger partial charge in [-0.1, -0.05) is 18.6 Å². The molecule has 2 atom stereocenters. The highest BCUT2D eigenvalue weighted by molar-refractivity contribution is 5.92. The lowest BCUT2D eigenvalue weighted by molar-refractivity contribution is -0.118. The van der Waals surface area contributed by atoms with E-state index in [9.17, 15) is 9.90 Å². The van der Waals surface area contributed by atoms with Crippen LogP contribution in [0.15, 0.2) is 24.3 Å². The van der Waals surface area contributed by atoms with Crippen molar-refractivity contribution < 1.29 is 9.90 Å². The van der Waals surface area contributed by atoms with Gasteiger partial charge in [-0.25, -0.2) is 0 Å². The molecule has 110 valence electrons. The molecule has 20 heavy (non-hydrogen) atoms. The molecule has 2 unspecified atom stereocenters. The Balaban J connectivity index is 1.93. The number of piperidine rings is 1. The van der Waals surface area contributed by atoms with E-state index >= 15 is 0 Å². The fourth-order valence-electron chi connectivity index (χ4n) is 2.87. The number of benzene rings is 1. The zero-order chi connectivity index (χ0) is 14.5. The van der Waals surface area contributed by atoms with Crippen molar-refractivity contribution in [3.8, 4) is 0 Å². The molecule has 0 bridgehead atoms. The molecule has 2 rings (SSSR count). The standard InChI is InChI=1S/C16H24N2O2/c1-12-6-5-7-14(10-12)17-16(20)11-18-9-4-3-8-15(18)13(2)19/h5-7,10,13,15,19H,3-4,8-9,11H2,1-2H3,(H,17,20). The first kappa shape index (κ1) is 15.0. The summed E-state index contributed by atoms with van der Waals surface area (Å²) < 4.78 is 0. The van der Waals surface area contributed by atoms with E-state index in [0.717, 1.165) is 37.1 Å². The second-order valence-electron chi connectivity index (χ2n) is 5.69. The first-order chi connectivity index (χ1) is 9.56. The summed E-state index contributed by atoms with van der Waals surface area (Å²) >= 11 is 0. The first-order valence-electron chi connectivity index (χ1n) is 7.35. The van der Waals surface area contributed by atoms with Crippen molar-refractivity contribution in [2.24, 2.45) is 0 Å². The number of aliphatic hydroxyl groups excluding tert-OH is 1. The van der Waals surface area contributed by atoms with Gasteiger partial charge in [0.15, 0.2) is 0 Å². The molecule has 1 aromatic carbocycles. The van der Waals surface area contributed by atoms with Gasteiger partial charge in [-0.2, -0.15) is 0 Å². The number of hydrogen-bond donors (Lipinski definition) is 2. The molecule has 4 nitrogen and oxygen atoms in total. The van der Waals surface area contributed by atoms with E-state index in [0.29, 0.717) is 6.54 Å². The van der Waals surface area contributed by atoms with Crippen LogP contribution in [0, 0.1) is 6.92 Å². The molecule has 1 heterocycles. The molecule has 0 spiro atoms. The molecule has 2 N–H and O–H groups in total. The van der Waals surface area contributed by atoms with Crippen LogP contribution in [0.5, 0.6) is 0 Å². The maximum Gasteiger partial charge on any atom is 0.238 e. The second kappa shape index (κ2) is 6.86. The predicted molar refractivity (Wildman–Crippen MR) is 80.7 cm³/mol. The number of aliphatic hydroxyl groups is 1. The molecule has 0 aromatic heterocycles. The van der Waals surface area contributed by atoms with Crippen LogP contribution < -0.4 is 5.32 Å². The molecular weight excluding hydrogens is 252 g/mol. The van der Waals surface area contributed by atoms with Crippen molar-refractivity contribution in [1.29, 1.82) is 0 Å². The summed E-state index contributed by atoms with van der Waals surface area (Å²) in [4.78, 5) is 14.2. The number of anilines is 1. The average molecular weight is 276 g/mol. The van der Waals surface area contributed by atoms with Crippen LogP contribution in [-0.2, 0) is 4.79 Å². The number of nitrogens with zero attached hydrogens (tertiary/aromatic N) is 1. The van der Waals surface area contributed by atoms with Gasteiger partial charge in [0.05, 0.1) is 12.6 Å². The molecule has 0 saturated carbocycles. The summed E-state index contributed by atoms with van der Waals surface area (Å²) in [5, 5.41) is 12.7. The maximum atomic E-state index is 12.1. The van der Waals surface area contributed by atoms with Crippen LogP contribution in [0.4, 0.5) is 5.69 Å². The Morgan fingerprint density at radius 2 is 2.30 bits per heavy atom. The van der Waals surface area contributed by atoms with Crippen molar-refractivity contribution >= 4 is 11.6 Å².